The molecular formula is C24H25F3NO5+. The highest BCUT2D eigenvalue weighted by atomic mass is 19.4. The Hall–Kier alpha value is -3.33. The van der Waals surface area contributed by atoms with Crippen molar-refractivity contribution in [3.63, 3.8) is 0 Å². The number of ether oxygens (including phenoxy) is 2. The second-order valence-electron chi connectivity index (χ2n) is 7.68. The zero-order valence-corrected chi connectivity index (χ0v) is 18.4. The first kappa shape index (κ1) is 24.3. The van der Waals surface area contributed by atoms with Gasteiger partial charge in [0.25, 0.3) is 0 Å². The van der Waals surface area contributed by atoms with Crippen molar-refractivity contribution < 1.29 is 37.0 Å². The number of aromatic nitrogens is 1. The van der Waals surface area contributed by atoms with Crippen LogP contribution in [0, 0.1) is 6.92 Å². The van der Waals surface area contributed by atoms with E-state index in [4.69, 9.17) is 19.0 Å². The van der Waals surface area contributed by atoms with Crippen molar-refractivity contribution in [3.8, 4) is 17.2 Å². The third kappa shape index (κ3) is 6.13. The van der Waals surface area contributed by atoms with Gasteiger partial charge in [-0.25, -0.2) is 4.98 Å². The average Bonchev–Trinajstić information content (AvgIpc) is 3.17. The van der Waals surface area contributed by atoms with Crippen molar-refractivity contribution >= 4 is 5.97 Å². The van der Waals surface area contributed by atoms with Crippen LogP contribution in [0.4, 0.5) is 13.2 Å². The molecule has 2 N–H and O–H groups in total. The molecule has 1 aromatic heterocycles. The van der Waals surface area contributed by atoms with E-state index >= 15 is 0 Å². The molecule has 0 bridgehead atoms. The molecule has 0 spiro atoms. The maximum atomic E-state index is 12.8. The van der Waals surface area contributed by atoms with Crippen LogP contribution in [0.2, 0.25) is 0 Å². The molecule has 0 aliphatic rings. The Bertz CT molecular complexity index is 1070. The predicted molar refractivity (Wildman–Crippen MR) is 115 cm³/mol. The molecule has 2 aromatic carbocycles. The van der Waals surface area contributed by atoms with E-state index in [1.54, 1.807) is 31.2 Å². The van der Waals surface area contributed by atoms with Gasteiger partial charge in [0, 0.05) is 29.8 Å². The summed E-state index contributed by atoms with van der Waals surface area (Å²) in [4.78, 5) is 15.7. The molecule has 6 nitrogen and oxygen atoms in total. The normalized spacial score (nSPS) is 13.5. The van der Waals surface area contributed by atoms with Gasteiger partial charge in [0.05, 0.1) is 17.9 Å². The molecule has 0 aliphatic heterocycles. The van der Waals surface area contributed by atoms with Crippen molar-refractivity contribution in [2.24, 2.45) is 0 Å². The smallest absolute Gasteiger partial charge is 0.545 e. The van der Waals surface area contributed by atoms with E-state index in [-0.39, 0.29) is 11.8 Å². The number of hydrogen-bond acceptors (Lipinski definition) is 5. The average molecular weight is 464 g/mol. The van der Waals surface area contributed by atoms with Crippen LogP contribution in [0.5, 0.6) is 5.75 Å². The highest BCUT2D eigenvalue weighted by molar-refractivity contribution is 5.72. The van der Waals surface area contributed by atoms with E-state index < -0.39 is 23.8 Å². The predicted octanol–water partition coefficient (Wildman–Crippen LogP) is 4.66. The number of oxazole rings is 1. The maximum absolute atomic E-state index is 12.8. The largest absolute Gasteiger partial charge is 0.563 e. The quantitative estimate of drug-likeness (QED) is 0.430. The van der Waals surface area contributed by atoms with Gasteiger partial charge in [0.15, 0.2) is 0 Å². The van der Waals surface area contributed by atoms with Crippen LogP contribution in [0.1, 0.15) is 35.4 Å². The molecule has 0 saturated carbocycles. The van der Waals surface area contributed by atoms with E-state index in [0.29, 0.717) is 35.8 Å². The van der Waals surface area contributed by atoms with Crippen molar-refractivity contribution in [3.05, 3.63) is 71.1 Å². The van der Waals surface area contributed by atoms with Gasteiger partial charge in [0.2, 0.25) is 12.0 Å². The third-order valence-corrected chi connectivity index (χ3v) is 5.18. The second-order valence-corrected chi connectivity index (χ2v) is 7.68. The standard InChI is InChI=1S/C24H24F3NO5/c1-14(13-32-19-10-4-16(5-11-19)12-20(31-3)23(29)30)21-15(2)33-22(28-21)17-6-8-18(9-7-17)24(25,26)27/h4-11,14,20H,12-13H2,1-3H3,(H,29,30)/p+1/t14-,20+/m1/s1. The first-order valence-corrected chi connectivity index (χ1v) is 10.2. The SMILES string of the molecule is CO[C@@H](Cc1ccc(OC[C@@H](C)c2nc(-c3ccc(C(F)(F)F)cc3)oc2C)cc1)C(=O)[OH2+]. The molecule has 3 aromatic rings. The lowest BCUT2D eigenvalue weighted by molar-refractivity contribution is -0.148. The molecular weight excluding hydrogens is 439 g/mol. The van der Waals surface area contributed by atoms with Crippen LogP contribution in [-0.2, 0) is 22.1 Å². The molecule has 3 rings (SSSR count). The highest BCUT2D eigenvalue weighted by Gasteiger charge is 2.30. The summed E-state index contributed by atoms with van der Waals surface area (Å²) < 4.78 is 54.8. The molecule has 176 valence electrons. The van der Waals surface area contributed by atoms with Crippen LogP contribution < -0.4 is 4.74 Å². The summed E-state index contributed by atoms with van der Waals surface area (Å²) in [5, 5.41) is 7.18. The summed E-state index contributed by atoms with van der Waals surface area (Å²) in [6.45, 7) is 3.98. The van der Waals surface area contributed by atoms with Gasteiger partial charge < -0.3 is 19.0 Å². The molecule has 0 saturated heterocycles. The molecule has 0 amide bonds. The summed E-state index contributed by atoms with van der Waals surface area (Å²) in [5.41, 5.74) is 1.24. The van der Waals surface area contributed by atoms with Gasteiger partial charge >= 0.3 is 12.1 Å². The molecule has 1 heterocycles. The number of alkyl halides is 3. The van der Waals surface area contributed by atoms with Crippen molar-refractivity contribution in [1.29, 1.82) is 0 Å². The number of halogens is 3. The van der Waals surface area contributed by atoms with Crippen molar-refractivity contribution in [2.45, 2.75) is 38.5 Å². The summed E-state index contributed by atoms with van der Waals surface area (Å²) in [5.74, 6) is 0.549. The van der Waals surface area contributed by atoms with Gasteiger partial charge in [-0.2, -0.15) is 13.2 Å². The molecule has 0 fully saturated rings. The van der Waals surface area contributed by atoms with E-state index in [1.807, 2.05) is 6.92 Å². The van der Waals surface area contributed by atoms with E-state index in [2.05, 4.69) is 4.98 Å². The number of carbonyl (C=O) groups is 1. The van der Waals surface area contributed by atoms with Gasteiger partial charge in [0.1, 0.15) is 11.5 Å². The number of benzene rings is 2. The monoisotopic (exact) mass is 464 g/mol. The van der Waals surface area contributed by atoms with Crippen LogP contribution >= 0.6 is 0 Å². The molecule has 33 heavy (non-hydrogen) atoms. The van der Waals surface area contributed by atoms with Crippen LogP contribution in [0.3, 0.4) is 0 Å². The molecule has 9 heteroatoms. The Morgan fingerprint density at radius 2 is 1.76 bits per heavy atom. The number of methoxy groups -OCH3 is 1. The van der Waals surface area contributed by atoms with E-state index in [9.17, 15) is 18.0 Å². The van der Waals surface area contributed by atoms with Gasteiger partial charge in [-0.3, -0.25) is 0 Å². The molecule has 0 radical (unpaired) electrons. The third-order valence-electron chi connectivity index (χ3n) is 5.18. The van der Waals surface area contributed by atoms with Crippen LogP contribution in [0.15, 0.2) is 52.9 Å². The Balaban J connectivity index is 1.62. The maximum Gasteiger partial charge on any atom is 0.545 e. The zero-order chi connectivity index (χ0) is 24.2. The van der Waals surface area contributed by atoms with E-state index in [0.717, 1.165) is 17.7 Å². The van der Waals surface area contributed by atoms with Crippen molar-refractivity contribution in [1.82, 2.24) is 4.98 Å². The summed E-state index contributed by atoms with van der Waals surface area (Å²) >= 11 is 0. The van der Waals surface area contributed by atoms with Gasteiger partial charge in [-0.1, -0.05) is 19.1 Å². The Morgan fingerprint density at radius 1 is 1.12 bits per heavy atom. The number of rotatable bonds is 9. The fourth-order valence-corrected chi connectivity index (χ4v) is 3.31. The fraction of sp³-hybridized carbons (Fsp3) is 0.333. The number of hydrogen-bond donors (Lipinski definition) is 0. The minimum atomic E-state index is -4.40. The number of aryl methyl sites for hydroxylation is 1. The fourth-order valence-electron chi connectivity index (χ4n) is 3.31. The minimum Gasteiger partial charge on any atom is -0.563 e. The van der Waals surface area contributed by atoms with Crippen LogP contribution in [0.25, 0.3) is 11.5 Å². The minimum absolute atomic E-state index is 0.129. The summed E-state index contributed by atoms with van der Waals surface area (Å²) in [6.07, 6.45) is -4.89. The van der Waals surface area contributed by atoms with E-state index in [1.165, 1.54) is 19.2 Å². The lowest BCUT2D eigenvalue weighted by atomic mass is 10.1. The Morgan fingerprint density at radius 3 is 2.30 bits per heavy atom. The van der Waals surface area contributed by atoms with Gasteiger partial charge in [-0.15, -0.1) is 0 Å². The highest BCUT2D eigenvalue weighted by Crippen LogP contribution is 2.32. The van der Waals surface area contributed by atoms with Crippen molar-refractivity contribution in [2.75, 3.05) is 13.7 Å². The topological polar surface area (TPSA) is 84.5 Å². The Labute approximate surface area is 189 Å². The summed E-state index contributed by atoms with van der Waals surface area (Å²) in [6, 6.07) is 11.8. The lowest BCUT2D eigenvalue weighted by Gasteiger charge is -2.12. The second kappa shape index (κ2) is 10.1. The first-order valence-electron chi connectivity index (χ1n) is 10.2. The molecule has 0 unspecified atom stereocenters. The molecule has 0 aliphatic carbocycles. The van der Waals surface area contributed by atoms with Gasteiger partial charge in [-0.05, 0) is 48.9 Å². The lowest BCUT2D eigenvalue weighted by Crippen LogP contribution is -2.24. The first-order chi connectivity index (χ1) is 15.6. The Kier molecular flexibility index (Phi) is 7.43. The zero-order valence-electron chi connectivity index (χ0n) is 18.4. The van der Waals surface area contributed by atoms with Crippen LogP contribution in [-0.4, -0.2) is 35.9 Å². The number of nitrogens with zero attached hydrogens (tertiary/aromatic N) is 1. The summed E-state index contributed by atoms with van der Waals surface area (Å²) in [7, 11) is 1.39. The molecule has 2 atom stereocenters. The number of carbonyl (C=O) groups excluding carboxylic acids is 1.